The van der Waals surface area contributed by atoms with Crippen LogP contribution in [0.3, 0.4) is 0 Å². The van der Waals surface area contributed by atoms with Gasteiger partial charge in [-0.25, -0.2) is 0 Å². The normalized spacial score (nSPS) is 18.0. The topological polar surface area (TPSA) is 74.3 Å². The summed E-state index contributed by atoms with van der Waals surface area (Å²) in [5.74, 6) is -1.28. The first-order valence-electron chi connectivity index (χ1n) is 8.82. The van der Waals surface area contributed by atoms with E-state index in [2.05, 4.69) is 27.4 Å². The Labute approximate surface area is 147 Å². The molecule has 1 aliphatic heterocycles. The van der Waals surface area contributed by atoms with Crippen molar-refractivity contribution in [1.82, 2.24) is 15.2 Å². The first-order valence-corrected chi connectivity index (χ1v) is 8.82. The Morgan fingerprint density at radius 1 is 1.20 bits per heavy atom. The minimum absolute atomic E-state index is 0.477. The average Bonchev–Trinajstić information content (AvgIpc) is 2.63. The molecule has 6 nitrogen and oxygen atoms in total. The number of fused-ring (bicyclic) bond motifs is 1. The summed E-state index contributed by atoms with van der Waals surface area (Å²) in [6, 6.07) is 9.78. The fourth-order valence-electron chi connectivity index (χ4n) is 3.27. The van der Waals surface area contributed by atoms with E-state index in [9.17, 15) is 9.59 Å². The number of piperidine rings is 1. The summed E-state index contributed by atoms with van der Waals surface area (Å²) in [4.78, 5) is 30.8. The van der Waals surface area contributed by atoms with Gasteiger partial charge in [0.05, 0.1) is 11.2 Å². The van der Waals surface area contributed by atoms with Crippen LogP contribution in [0.5, 0.6) is 0 Å². The molecule has 1 aromatic heterocycles. The van der Waals surface area contributed by atoms with Crippen molar-refractivity contribution in [1.29, 1.82) is 0 Å². The second-order valence-corrected chi connectivity index (χ2v) is 6.47. The van der Waals surface area contributed by atoms with Crippen LogP contribution >= 0.6 is 0 Å². The molecule has 0 spiro atoms. The number of aromatic nitrogens is 1. The number of pyridine rings is 1. The predicted octanol–water partition coefficient (Wildman–Crippen LogP) is 2.16. The van der Waals surface area contributed by atoms with Crippen molar-refractivity contribution in [3.8, 4) is 0 Å². The van der Waals surface area contributed by atoms with Gasteiger partial charge in [0.2, 0.25) is 0 Å². The number of nitrogens with one attached hydrogen (secondary N) is 2. The summed E-state index contributed by atoms with van der Waals surface area (Å²) in [6.07, 6.45) is 5.33. The monoisotopic (exact) mass is 340 g/mol. The summed E-state index contributed by atoms with van der Waals surface area (Å²) < 4.78 is 0. The van der Waals surface area contributed by atoms with Gasteiger partial charge in [-0.3, -0.25) is 19.5 Å². The largest absolute Gasteiger partial charge is 0.347 e. The number of carbonyl (C=O) groups is 2. The van der Waals surface area contributed by atoms with Crippen molar-refractivity contribution in [3.63, 3.8) is 0 Å². The minimum atomic E-state index is -0.662. The molecular formula is C19H24N4O2. The van der Waals surface area contributed by atoms with E-state index in [1.165, 1.54) is 19.3 Å². The van der Waals surface area contributed by atoms with Crippen LogP contribution in [0.15, 0.2) is 36.5 Å². The Morgan fingerprint density at radius 2 is 2.04 bits per heavy atom. The van der Waals surface area contributed by atoms with Crippen molar-refractivity contribution < 1.29 is 9.59 Å². The highest BCUT2D eigenvalue weighted by Crippen LogP contribution is 2.20. The maximum absolute atomic E-state index is 12.1. The highest BCUT2D eigenvalue weighted by Gasteiger charge is 2.19. The van der Waals surface area contributed by atoms with Crippen LogP contribution in [-0.2, 0) is 9.59 Å². The summed E-state index contributed by atoms with van der Waals surface area (Å²) in [5.41, 5.74) is 1.22. The molecule has 2 amide bonds. The molecule has 25 heavy (non-hydrogen) atoms. The van der Waals surface area contributed by atoms with Crippen molar-refractivity contribution in [3.05, 3.63) is 36.5 Å². The van der Waals surface area contributed by atoms with Crippen molar-refractivity contribution in [2.45, 2.75) is 32.2 Å². The Kier molecular flexibility index (Phi) is 5.60. The first kappa shape index (κ1) is 17.4. The summed E-state index contributed by atoms with van der Waals surface area (Å²) in [7, 11) is 0. The van der Waals surface area contributed by atoms with Crippen LogP contribution in [-0.4, -0.2) is 47.4 Å². The molecule has 1 fully saturated rings. The van der Waals surface area contributed by atoms with Gasteiger partial charge in [0.25, 0.3) is 0 Å². The van der Waals surface area contributed by atoms with E-state index in [1.54, 1.807) is 12.3 Å². The molecule has 0 radical (unpaired) electrons. The number of nitrogens with zero attached hydrogens (tertiary/aromatic N) is 2. The summed E-state index contributed by atoms with van der Waals surface area (Å²) in [5, 5.41) is 6.28. The van der Waals surface area contributed by atoms with E-state index in [1.807, 2.05) is 24.3 Å². The standard InChI is InChI=1S/C19H24N4O2/c1-14-6-2-3-12-23(14)13-11-21-18(24)19(25)22-16-9-4-7-15-8-5-10-20-17(15)16/h4-5,7-10,14H,2-3,6,11-13H2,1H3,(H,21,24)(H,22,25). The van der Waals surface area contributed by atoms with Gasteiger partial charge in [-0.2, -0.15) is 0 Å². The molecule has 1 saturated heterocycles. The molecular weight excluding hydrogens is 316 g/mol. The van der Waals surface area contributed by atoms with E-state index < -0.39 is 11.8 Å². The van der Waals surface area contributed by atoms with Crippen LogP contribution in [0.2, 0.25) is 0 Å². The third-order valence-corrected chi connectivity index (χ3v) is 4.71. The lowest BCUT2D eigenvalue weighted by atomic mass is 10.0. The van der Waals surface area contributed by atoms with Crippen LogP contribution < -0.4 is 10.6 Å². The predicted molar refractivity (Wildman–Crippen MR) is 98.3 cm³/mol. The van der Waals surface area contributed by atoms with E-state index >= 15 is 0 Å². The van der Waals surface area contributed by atoms with Crippen LogP contribution in [0.1, 0.15) is 26.2 Å². The van der Waals surface area contributed by atoms with Gasteiger partial charge in [-0.1, -0.05) is 24.6 Å². The lowest BCUT2D eigenvalue weighted by Crippen LogP contribution is -2.44. The summed E-state index contributed by atoms with van der Waals surface area (Å²) in [6.45, 7) is 4.52. The smallest absolute Gasteiger partial charge is 0.313 e. The third kappa shape index (κ3) is 4.33. The second-order valence-electron chi connectivity index (χ2n) is 6.47. The number of hydrogen-bond acceptors (Lipinski definition) is 4. The number of amides is 2. The lowest BCUT2D eigenvalue weighted by Gasteiger charge is -2.33. The van der Waals surface area contributed by atoms with Gasteiger partial charge in [-0.15, -0.1) is 0 Å². The Hall–Kier alpha value is -2.47. The van der Waals surface area contributed by atoms with Gasteiger partial charge in [0.1, 0.15) is 0 Å². The number of para-hydroxylation sites is 1. The fourth-order valence-corrected chi connectivity index (χ4v) is 3.27. The lowest BCUT2D eigenvalue weighted by molar-refractivity contribution is -0.136. The van der Waals surface area contributed by atoms with Gasteiger partial charge in [0, 0.05) is 30.7 Å². The zero-order chi connectivity index (χ0) is 17.6. The molecule has 3 rings (SSSR count). The molecule has 1 unspecified atom stereocenters. The van der Waals surface area contributed by atoms with Crippen molar-refractivity contribution in [2.24, 2.45) is 0 Å². The molecule has 6 heteroatoms. The molecule has 2 aromatic rings. The maximum Gasteiger partial charge on any atom is 0.313 e. The van der Waals surface area contributed by atoms with Crippen LogP contribution in [0, 0.1) is 0 Å². The van der Waals surface area contributed by atoms with Gasteiger partial charge in [0.15, 0.2) is 0 Å². The Bertz CT molecular complexity index is 757. The zero-order valence-corrected chi connectivity index (χ0v) is 14.5. The molecule has 0 aliphatic carbocycles. The first-order chi connectivity index (χ1) is 12.1. The Balaban J connectivity index is 1.53. The molecule has 1 aliphatic rings. The quantitative estimate of drug-likeness (QED) is 0.837. The SMILES string of the molecule is CC1CCCCN1CCNC(=O)C(=O)Nc1cccc2cccnc12. The number of hydrogen-bond donors (Lipinski definition) is 2. The van der Waals surface area contributed by atoms with Crippen molar-refractivity contribution >= 4 is 28.4 Å². The molecule has 0 bridgehead atoms. The van der Waals surface area contributed by atoms with Gasteiger partial charge < -0.3 is 10.6 Å². The van der Waals surface area contributed by atoms with Gasteiger partial charge in [-0.05, 0) is 38.4 Å². The molecule has 2 N–H and O–H groups in total. The van der Waals surface area contributed by atoms with Crippen LogP contribution in [0.4, 0.5) is 5.69 Å². The molecule has 0 saturated carbocycles. The van der Waals surface area contributed by atoms with Crippen molar-refractivity contribution in [2.75, 3.05) is 25.0 Å². The molecule has 132 valence electrons. The minimum Gasteiger partial charge on any atom is -0.347 e. The number of rotatable bonds is 4. The van der Waals surface area contributed by atoms with Crippen LogP contribution in [0.25, 0.3) is 10.9 Å². The number of benzene rings is 1. The number of likely N-dealkylation sites (tertiary alicyclic amines) is 1. The fraction of sp³-hybridized carbons (Fsp3) is 0.421. The summed E-state index contributed by atoms with van der Waals surface area (Å²) >= 11 is 0. The highest BCUT2D eigenvalue weighted by atomic mass is 16.2. The molecule has 1 aromatic carbocycles. The highest BCUT2D eigenvalue weighted by molar-refractivity contribution is 6.40. The Morgan fingerprint density at radius 3 is 2.88 bits per heavy atom. The van der Waals surface area contributed by atoms with E-state index in [-0.39, 0.29) is 0 Å². The average molecular weight is 340 g/mol. The van der Waals surface area contributed by atoms with E-state index in [4.69, 9.17) is 0 Å². The third-order valence-electron chi connectivity index (χ3n) is 4.71. The number of anilines is 1. The van der Waals surface area contributed by atoms with E-state index in [0.717, 1.165) is 18.5 Å². The number of carbonyl (C=O) groups excluding carboxylic acids is 2. The van der Waals surface area contributed by atoms with E-state index in [0.29, 0.717) is 23.8 Å². The maximum atomic E-state index is 12.1. The molecule has 1 atom stereocenters. The zero-order valence-electron chi connectivity index (χ0n) is 14.5. The second kappa shape index (κ2) is 8.07. The van der Waals surface area contributed by atoms with Gasteiger partial charge >= 0.3 is 11.8 Å². The molecule has 2 heterocycles.